The lowest BCUT2D eigenvalue weighted by Crippen LogP contribution is -2.36. The highest BCUT2D eigenvalue weighted by atomic mass is 32.1. The Morgan fingerprint density at radius 3 is 2.54 bits per heavy atom. The highest BCUT2D eigenvalue weighted by molar-refractivity contribution is 7.14. The van der Waals surface area contributed by atoms with Gasteiger partial charge in [-0.2, -0.15) is 0 Å². The maximum Gasteiger partial charge on any atom is 0.306 e. The molecular formula is C30H40N4O4S. The summed E-state index contributed by atoms with van der Waals surface area (Å²) in [5.74, 6) is -0.194. The Balaban J connectivity index is 1.44. The van der Waals surface area contributed by atoms with E-state index in [9.17, 15) is 15.0 Å². The van der Waals surface area contributed by atoms with Crippen molar-refractivity contribution in [2.45, 2.75) is 39.5 Å². The lowest BCUT2D eigenvalue weighted by atomic mass is 9.97. The molecule has 0 radical (unpaired) electrons. The minimum atomic E-state index is -0.704. The third-order valence-corrected chi connectivity index (χ3v) is 8.28. The Morgan fingerprint density at radius 1 is 1.13 bits per heavy atom. The second-order valence-electron chi connectivity index (χ2n) is 10.7. The van der Waals surface area contributed by atoms with Crippen molar-refractivity contribution in [2.24, 2.45) is 5.92 Å². The van der Waals surface area contributed by atoms with E-state index in [1.165, 1.54) is 0 Å². The van der Waals surface area contributed by atoms with Gasteiger partial charge in [-0.05, 0) is 76.7 Å². The first-order valence-corrected chi connectivity index (χ1v) is 14.3. The lowest BCUT2D eigenvalue weighted by Gasteiger charge is -2.29. The van der Waals surface area contributed by atoms with Crippen LogP contribution < -0.4 is 9.64 Å². The highest BCUT2D eigenvalue weighted by Crippen LogP contribution is 2.36. The van der Waals surface area contributed by atoms with Gasteiger partial charge in [-0.15, -0.1) is 11.3 Å². The summed E-state index contributed by atoms with van der Waals surface area (Å²) < 4.78 is 6.33. The number of likely N-dealkylation sites (N-methyl/N-ethyl adjacent to an activating group) is 2. The van der Waals surface area contributed by atoms with Crippen LogP contribution in [0.4, 0.5) is 5.13 Å². The first-order chi connectivity index (χ1) is 18.6. The van der Waals surface area contributed by atoms with Gasteiger partial charge >= 0.3 is 5.97 Å². The number of aryl methyl sites for hydroxylation is 2. The zero-order valence-corrected chi connectivity index (χ0v) is 24.4. The average Bonchev–Trinajstić information content (AvgIpc) is 3.41. The van der Waals surface area contributed by atoms with Crippen molar-refractivity contribution >= 4 is 22.4 Å². The van der Waals surface area contributed by atoms with Gasteiger partial charge in [-0.25, -0.2) is 4.98 Å². The molecule has 0 aliphatic carbocycles. The van der Waals surface area contributed by atoms with Crippen molar-refractivity contribution in [3.05, 3.63) is 64.0 Å². The molecule has 0 bridgehead atoms. The molecule has 1 atom stereocenters. The number of carbonyl (C=O) groups is 1. The Hall–Kier alpha value is -2.98. The Labute approximate surface area is 235 Å². The molecule has 1 unspecified atom stereocenters. The van der Waals surface area contributed by atoms with E-state index < -0.39 is 12.2 Å². The molecule has 1 aromatic heterocycles. The van der Waals surface area contributed by atoms with Gasteiger partial charge in [0, 0.05) is 37.1 Å². The Morgan fingerprint density at radius 2 is 1.87 bits per heavy atom. The molecule has 8 nitrogen and oxygen atoms in total. The SMILES string of the molecule is Cc1ccc(OCc2ccc(C(O)N(C)CCN(C)C)cc2C)c(-c2csc(N3CCC(C(=O)O)CC3)n2)c1. The molecule has 1 fully saturated rings. The number of carboxylic acids is 1. The molecule has 0 spiro atoms. The van der Waals surface area contributed by atoms with Crippen LogP contribution in [0.15, 0.2) is 41.8 Å². The summed E-state index contributed by atoms with van der Waals surface area (Å²) >= 11 is 1.58. The third-order valence-electron chi connectivity index (χ3n) is 7.38. The quantitative estimate of drug-likeness (QED) is 0.328. The summed E-state index contributed by atoms with van der Waals surface area (Å²) in [6, 6.07) is 12.2. The van der Waals surface area contributed by atoms with Gasteiger partial charge in [0.1, 0.15) is 18.6 Å². The molecule has 4 rings (SSSR count). The van der Waals surface area contributed by atoms with Gasteiger partial charge in [-0.1, -0.05) is 29.8 Å². The molecule has 9 heteroatoms. The normalized spacial score (nSPS) is 15.2. The number of benzene rings is 2. The van der Waals surface area contributed by atoms with Gasteiger partial charge in [0.15, 0.2) is 5.13 Å². The fraction of sp³-hybridized carbons (Fsp3) is 0.467. The van der Waals surface area contributed by atoms with Crippen molar-refractivity contribution in [2.75, 3.05) is 52.2 Å². The summed E-state index contributed by atoms with van der Waals surface area (Å²) in [5, 5.41) is 23.0. The zero-order chi connectivity index (χ0) is 28.1. The molecule has 3 aromatic rings. The molecule has 2 aromatic carbocycles. The molecule has 1 aliphatic rings. The van der Waals surface area contributed by atoms with E-state index in [4.69, 9.17) is 9.72 Å². The minimum absolute atomic E-state index is 0.262. The van der Waals surface area contributed by atoms with Crippen LogP contribution in [0.1, 0.15) is 41.3 Å². The molecule has 1 aliphatic heterocycles. The zero-order valence-electron chi connectivity index (χ0n) is 23.6. The van der Waals surface area contributed by atoms with Gasteiger partial charge in [0.25, 0.3) is 0 Å². The predicted octanol–water partition coefficient (Wildman–Crippen LogP) is 4.79. The minimum Gasteiger partial charge on any atom is -0.488 e. The maximum absolute atomic E-state index is 11.3. The van der Waals surface area contributed by atoms with E-state index in [2.05, 4.69) is 28.2 Å². The number of hydrogen-bond donors (Lipinski definition) is 2. The van der Waals surface area contributed by atoms with Gasteiger partial charge in [0.05, 0.1) is 11.6 Å². The number of thiazole rings is 1. The van der Waals surface area contributed by atoms with Crippen molar-refractivity contribution in [3.8, 4) is 17.0 Å². The number of rotatable bonds is 11. The second-order valence-corrected chi connectivity index (χ2v) is 11.6. The number of carboxylic acid groups (broad SMARTS) is 1. The van der Waals surface area contributed by atoms with E-state index in [0.717, 1.165) is 57.5 Å². The number of piperidine rings is 1. The molecule has 2 heterocycles. The number of anilines is 1. The van der Waals surface area contributed by atoms with Crippen LogP contribution in [0.5, 0.6) is 5.75 Å². The highest BCUT2D eigenvalue weighted by Gasteiger charge is 2.26. The number of ether oxygens (including phenoxy) is 1. The standard InChI is InChI=1S/C30H40N4O4S/c1-20-6-9-27(25(16-20)26-19-39-30(31-26)34-12-10-22(11-13-34)29(36)37)38-18-24-8-7-23(17-21(24)2)28(35)33(5)15-14-32(3)4/h6-9,16-17,19,22,28,35H,10-15,18H2,1-5H3,(H,36,37). The number of aliphatic hydroxyl groups is 1. The number of aromatic nitrogens is 1. The molecule has 1 saturated heterocycles. The molecule has 2 N–H and O–H groups in total. The van der Waals surface area contributed by atoms with Crippen molar-refractivity contribution < 1.29 is 19.7 Å². The van der Waals surface area contributed by atoms with E-state index >= 15 is 0 Å². The van der Waals surface area contributed by atoms with Crippen LogP contribution in [-0.4, -0.2) is 78.3 Å². The molecule has 0 saturated carbocycles. The Kier molecular flexibility index (Phi) is 9.61. The summed E-state index contributed by atoms with van der Waals surface area (Å²) in [7, 11) is 5.98. The summed E-state index contributed by atoms with van der Waals surface area (Å²) in [4.78, 5) is 22.4. The van der Waals surface area contributed by atoms with Crippen molar-refractivity contribution in [1.82, 2.24) is 14.8 Å². The predicted molar refractivity (Wildman–Crippen MR) is 157 cm³/mol. The number of aliphatic carboxylic acids is 1. The van der Waals surface area contributed by atoms with Gasteiger partial charge in [-0.3, -0.25) is 9.69 Å². The Bertz CT molecular complexity index is 1270. The van der Waals surface area contributed by atoms with Crippen LogP contribution in [0.2, 0.25) is 0 Å². The third kappa shape index (κ3) is 7.36. The lowest BCUT2D eigenvalue weighted by molar-refractivity contribution is -0.142. The fourth-order valence-corrected chi connectivity index (χ4v) is 5.63. The molecular weight excluding hydrogens is 512 g/mol. The van der Waals surface area contributed by atoms with Crippen molar-refractivity contribution in [1.29, 1.82) is 0 Å². The summed E-state index contributed by atoms with van der Waals surface area (Å²) in [5.41, 5.74) is 5.95. The number of hydrogen-bond acceptors (Lipinski definition) is 8. The largest absolute Gasteiger partial charge is 0.488 e. The van der Waals surface area contributed by atoms with Crippen LogP contribution in [0.3, 0.4) is 0 Å². The van der Waals surface area contributed by atoms with Gasteiger partial charge in [0.2, 0.25) is 0 Å². The topological polar surface area (TPSA) is 89.4 Å². The fourth-order valence-electron chi connectivity index (χ4n) is 4.75. The van der Waals surface area contributed by atoms with Crippen LogP contribution in [0, 0.1) is 19.8 Å². The van der Waals surface area contributed by atoms with Crippen LogP contribution in [0.25, 0.3) is 11.3 Å². The molecule has 210 valence electrons. The van der Waals surface area contributed by atoms with Gasteiger partial charge < -0.3 is 24.7 Å². The number of nitrogens with zero attached hydrogens (tertiary/aromatic N) is 4. The first kappa shape index (κ1) is 29.0. The summed E-state index contributed by atoms with van der Waals surface area (Å²) in [6.45, 7) is 7.57. The van der Waals surface area contributed by atoms with E-state index in [-0.39, 0.29) is 5.92 Å². The van der Waals surface area contributed by atoms with Crippen molar-refractivity contribution in [3.63, 3.8) is 0 Å². The van der Waals surface area contributed by atoms with E-state index in [0.29, 0.717) is 32.5 Å². The van der Waals surface area contributed by atoms with E-state index in [1.54, 1.807) is 11.3 Å². The average molecular weight is 553 g/mol. The molecule has 0 amide bonds. The first-order valence-electron chi connectivity index (χ1n) is 13.4. The smallest absolute Gasteiger partial charge is 0.306 e. The van der Waals surface area contributed by atoms with E-state index in [1.807, 2.05) is 63.3 Å². The maximum atomic E-state index is 11.3. The second kappa shape index (κ2) is 12.9. The molecule has 39 heavy (non-hydrogen) atoms. The van der Waals surface area contributed by atoms with Crippen LogP contribution in [-0.2, 0) is 11.4 Å². The monoisotopic (exact) mass is 552 g/mol. The number of aliphatic hydroxyl groups excluding tert-OH is 1. The van der Waals surface area contributed by atoms with Crippen LogP contribution >= 0.6 is 11.3 Å². The summed E-state index contributed by atoms with van der Waals surface area (Å²) in [6.07, 6.45) is 0.630.